The number of hydrogen-bond acceptors (Lipinski definition) is 5. The molecule has 5 heteroatoms. The molecule has 0 aliphatic carbocycles. The van der Waals surface area contributed by atoms with Crippen LogP contribution >= 0.6 is 0 Å². The zero-order chi connectivity index (χ0) is 11.7. The molecule has 17 heavy (non-hydrogen) atoms. The maximum absolute atomic E-state index is 5.90. The normalized spacial score (nSPS) is 21.6. The number of nitrogens with one attached hydrogen (secondary N) is 1. The van der Waals surface area contributed by atoms with Crippen LogP contribution in [0, 0.1) is 0 Å². The summed E-state index contributed by atoms with van der Waals surface area (Å²) >= 11 is 0. The van der Waals surface area contributed by atoms with E-state index in [2.05, 4.69) is 5.32 Å². The fraction of sp³-hybridized carbons (Fsp3) is 0.500. The Labute approximate surface area is 99.6 Å². The van der Waals surface area contributed by atoms with E-state index in [9.17, 15) is 0 Å². The van der Waals surface area contributed by atoms with Gasteiger partial charge in [-0.05, 0) is 13.0 Å². The first kappa shape index (κ1) is 10.5. The van der Waals surface area contributed by atoms with Crippen molar-refractivity contribution in [2.75, 3.05) is 27.0 Å². The molecule has 0 saturated carbocycles. The van der Waals surface area contributed by atoms with Crippen molar-refractivity contribution in [3.63, 3.8) is 0 Å². The molecular formula is C12H15NO4. The lowest BCUT2D eigenvalue weighted by molar-refractivity contribution is 0.173. The average Bonchev–Trinajstić information content (AvgIpc) is 2.98. The van der Waals surface area contributed by atoms with Gasteiger partial charge in [0, 0.05) is 18.7 Å². The van der Waals surface area contributed by atoms with E-state index in [0.717, 1.165) is 19.5 Å². The highest BCUT2D eigenvalue weighted by molar-refractivity contribution is 5.55. The van der Waals surface area contributed by atoms with Crippen molar-refractivity contribution in [2.45, 2.75) is 12.5 Å². The van der Waals surface area contributed by atoms with Gasteiger partial charge < -0.3 is 24.3 Å². The largest absolute Gasteiger partial charge is 0.493 e. The van der Waals surface area contributed by atoms with Crippen LogP contribution < -0.4 is 24.3 Å². The highest BCUT2D eigenvalue weighted by Gasteiger charge is 2.22. The van der Waals surface area contributed by atoms with Gasteiger partial charge in [0.15, 0.2) is 23.0 Å². The molecule has 1 aromatic carbocycles. The summed E-state index contributed by atoms with van der Waals surface area (Å²) < 4.78 is 21.8. The highest BCUT2D eigenvalue weighted by atomic mass is 16.7. The SMILES string of the molecule is COc1cc2c(cc1OC1CCNC1)OCO2. The van der Waals surface area contributed by atoms with Crippen molar-refractivity contribution in [1.82, 2.24) is 5.32 Å². The van der Waals surface area contributed by atoms with E-state index in [1.165, 1.54) is 0 Å². The van der Waals surface area contributed by atoms with Gasteiger partial charge in [-0.15, -0.1) is 0 Å². The van der Waals surface area contributed by atoms with Crippen LogP contribution in [0.5, 0.6) is 23.0 Å². The second kappa shape index (κ2) is 4.33. The average molecular weight is 237 g/mol. The van der Waals surface area contributed by atoms with Crippen LogP contribution in [0.4, 0.5) is 0 Å². The van der Waals surface area contributed by atoms with Gasteiger partial charge in [-0.25, -0.2) is 0 Å². The maximum atomic E-state index is 5.90. The Morgan fingerprint density at radius 1 is 1.24 bits per heavy atom. The van der Waals surface area contributed by atoms with Gasteiger partial charge in [0.2, 0.25) is 6.79 Å². The summed E-state index contributed by atoms with van der Waals surface area (Å²) in [5.41, 5.74) is 0. The molecule has 1 N–H and O–H groups in total. The molecule has 2 aliphatic rings. The first-order chi connectivity index (χ1) is 8.36. The van der Waals surface area contributed by atoms with Crippen LogP contribution in [0.2, 0.25) is 0 Å². The molecule has 2 heterocycles. The summed E-state index contributed by atoms with van der Waals surface area (Å²) in [5.74, 6) is 2.82. The van der Waals surface area contributed by atoms with E-state index in [1.54, 1.807) is 13.2 Å². The van der Waals surface area contributed by atoms with Gasteiger partial charge in [0.25, 0.3) is 0 Å². The molecule has 1 aromatic rings. The molecule has 0 bridgehead atoms. The molecule has 2 aliphatic heterocycles. The van der Waals surface area contributed by atoms with E-state index in [4.69, 9.17) is 18.9 Å². The van der Waals surface area contributed by atoms with Gasteiger partial charge in [-0.3, -0.25) is 0 Å². The summed E-state index contributed by atoms with van der Waals surface area (Å²) in [6.07, 6.45) is 1.21. The zero-order valence-corrected chi connectivity index (χ0v) is 9.69. The summed E-state index contributed by atoms with van der Waals surface area (Å²) in [7, 11) is 1.62. The summed E-state index contributed by atoms with van der Waals surface area (Å²) in [6.45, 7) is 2.13. The Balaban J connectivity index is 1.86. The molecule has 0 spiro atoms. The quantitative estimate of drug-likeness (QED) is 0.855. The smallest absolute Gasteiger partial charge is 0.231 e. The maximum Gasteiger partial charge on any atom is 0.231 e. The molecule has 1 fully saturated rings. The van der Waals surface area contributed by atoms with Gasteiger partial charge in [-0.2, -0.15) is 0 Å². The lowest BCUT2D eigenvalue weighted by Gasteiger charge is -2.15. The van der Waals surface area contributed by atoms with Crippen molar-refractivity contribution < 1.29 is 18.9 Å². The summed E-state index contributed by atoms with van der Waals surface area (Å²) in [5, 5.41) is 3.26. The van der Waals surface area contributed by atoms with Gasteiger partial charge in [0.1, 0.15) is 6.10 Å². The van der Waals surface area contributed by atoms with E-state index in [0.29, 0.717) is 23.0 Å². The van der Waals surface area contributed by atoms with E-state index in [1.807, 2.05) is 6.07 Å². The van der Waals surface area contributed by atoms with Gasteiger partial charge in [-0.1, -0.05) is 0 Å². The number of methoxy groups -OCH3 is 1. The molecule has 92 valence electrons. The summed E-state index contributed by atoms with van der Waals surface area (Å²) in [6, 6.07) is 3.64. The molecule has 0 aromatic heterocycles. The van der Waals surface area contributed by atoms with Crippen molar-refractivity contribution in [2.24, 2.45) is 0 Å². The third kappa shape index (κ3) is 1.98. The highest BCUT2D eigenvalue weighted by Crippen LogP contribution is 2.42. The van der Waals surface area contributed by atoms with Crippen molar-refractivity contribution in [3.05, 3.63) is 12.1 Å². The van der Waals surface area contributed by atoms with Crippen LogP contribution in [0.1, 0.15) is 6.42 Å². The van der Waals surface area contributed by atoms with Crippen molar-refractivity contribution in [3.8, 4) is 23.0 Å². The number of rotatable bonds is 3. The third-order valence-electron chi connectivity index (χ3n) is 2.97. The number of benzene rings is 1. The first-order valence-corrected chi connectivity index (χ1v) is 5.72. The Hall–Kier alpha value is -1.62. The molecule has 0 radical (unpaired) electrons. The molecule has 5 nitrogen and oxygen atoms in total. The topological polar surface area (TPSA) is 49.0 Å². The minimum atomic E-state index is 0.198. The first-order valence-electron chi connectivity index (χ1n) is 5.72. The van der Waals surface area contributed by atoms with E-state index < -0.39 is 0 Å². The van der Waals surface area contributed by atoms with Crippen LogP contribution in [-0.4, -0.2) is 33.1 Å². The fourth-order valence-electron chi connectivity index (χ4n) is 2.06. The predicted molar refractivity (Wildman–Crippen MR) is 61.0 cm³/mol. The van der Waals surface area contributed by atoms with Crippen LogP contribution in [0.3, 0.4) is 0 Å². The second-order valence-electron chi connectivity index (χ2n) is 4.09. The van der Waals surface area contributed by atoms with Gasteiger partial charge >= 0.3 is 0 Å². The lowest BCUT2D eigenvalue weighted by Crippen LogP contribution is -2.19. The van der Waals surface area contributed by atoms with E-state index >= 15 is 0 Å². The summed E-state index contributed by atoms with van der Waals surface area (Å²) in [4.78, 5) is 0. The fourth-order valence-corrected chi connectivity index (χ4v) is 2.06. The minimum absolute atomic E-state index is 0.198. The Bertz CT molecular complexity index is 415. The standard InChI is InChI=1S/C12H15NO4/c1-14-9-4-10-11(16-7-15-10)5-12(9)17-8-2-3-13-6-8/h4-5,8,13H,2-3,6-7H2,1H3. The predicted octanol–water partition coefficient (Wildman–Crippen LogP) is 1.16. The van der Waals surface area contributed by atoms with Crippen LogP contribution in [-0.2, 0) is 0 Å². The molecule has 1 atom stereocenters. The molecular weight excluding hydrogens is 222 g/mol. The monoisotopic (exact) mass is 237 g/mol. The van der Waals surface area contributed by atoms with Crippen LogP contribution in [0.25, 0.3) is 0 Å². The molecule has 1 saturated heterocycles. The van der Waals surface area contributed by atoms with Crippen molar-refractivity contribution >= 4 is 0 Å². The van der Waals surface area contributed by atoms with E-state index in [-0.39, 0.29) is 12.9 Å². The van der Waals surface area contributed by atoms with Crippen LogP contribution in [0.15, 0.2) is 12.1 Å². The second-order valence-corrected chi connectivity index (χ2v) is 4.09. The zero-order valence-electron chi connectivity index (χ0n) is 9.69. The third-order valence-corrected chi connectivity index (χ3v) is 2.97. The van der Waals surface area contributed by atoms with Gasteiger partial charge in [0.05, 0.1) is 7.11 Å². The Morgan fingerprint density at radius 3 is 2.65 bits per heavy atom. The number of ether oxygens (including phenoxy) is 4. The number of fused-ring (bicyclic) bond motifs is 1. The Morgan fingerprint density at radius 2 is 2.00 bits per heavy atom. The number of hydrogen-bond donors (Lipinski definition) is 1. The Kier molecular flexibility index (Phi) is 2.68. The lowest BCUT2D eigenvalue weighted by atomic mass is 10.2. The van der Waals surface area contributed by atoms with Crippen molar-refractivity contribution in [1.29, 1.82) is 0 Å². The minimum Gasteiger partial charge on any atom is -0.493 e. The molecule has 1 unspecified atom stereocenters. The molecule has 3 rings (SSSR count). The molecule has 0 amide bonds.